The smallest absolute Gasteiger partial charge is 0.0748 e. The van der Waals surface area contributed by atoms with Crippen molar-refractivity contribution in [1.29, 1.82) is 0 Å². The Kier molecular flexibility index (Phi) is 2.99. The van der Waals surface area contributed by atoms with E-state index in [1.807, 2.05) is 19.2 Å². The van der Waals surface area contributed by atoms with E-state index in [9.17, 15) is 0 Å². The average molecular weight is 192 g/mol. The van der Waals surface area contributed by atoms with Gasteiger partial charge >= 0.3 is 0 Å². The van der Waals surface area contributed by atoms with E-state index in [2.05, 4.69) is 16.4 Å². The minimum absolute atomic E-state index is 0.385. The van der Waals surface area contributed by atoms with Gasteiger partial charge in [0.1, 0.15) is 0 Å². The third-order valence-electron chi connectivity index (χ3n) is 2.47. The van der Waals surface area contributed by atoms with Crippen molar-refractivity contribution in [3.63, 3.8) is 0 Å². The highest BCUT2D eigenvalue weighted by molar-refractivity contribution is 5.40. The molecule has 0 aliphatic carbocycles. The van der Waals surface area contributed by atoms with Crippen molar-refractivity contribution in [3.05, 3.63) is 24.0 Å². The number of nitrogens with zero attached hydrogens (tertiary/aromatic N) is 1. The summed E-state index contributed by atoms with van der Waals surface area (Å²) in [6, 6.07) is 4.06. The van der Waals surface area contributed by atoms with Gasteiger partial charge in [-0.3, -0.25) is 4.98 Å². The Morgan fingerprint density at radius 3 is 3.14 bits per heavy atom. The number of aromatic nitrogens is 1. The molecule has 0 amide bonds. The van der Waals surface area contributed by atoms with Crippen molar-refractivity contribution in [2.45, 2.75) is 25.9 Å². The van der Waals surface area contributed by atoms with Gasteiger partial charge in [-0.15, -0.1) is 0 Å². The quantitative estimate of drug-likeness (QED) is 0.795. The molecule has 2 heterocycles. The second kappa shape index (κ2) is 4.42. The van der Waals surface area contributed by atoms with Crippen LogP contribution in [-0.2, 0) is 4.74 Å². The molecular weight excluding hydrogens is 176 g/mol. The molecule has 1 saturated heterocycles. The molecule has 1 atom stereocenters. The molecule has 0 aromatic carbocycles. The molecule has 0 radical (unpaired) electrons. The van der Waals surface area contributed by atoms with E-state index in [0.717, 1.165) is 24.5 Å². The van der Waals surface area contributed by atoms with E-state index >= 15 is 0 Å². The SMILES string of the molecule is Cc1ccc(NCC2CCCO2)cn1. The number of hydrogen-bond donors (Lipinski definition) is 1. The molecule has 2 rings (SSSR count). The lowest BCUT2D eigenvalue weighted by atomic mass is 10.2. The predicted octanol–water partition coefficient (Wildman–Crippen LogP) is 1.98. The number of nitrogens with one attached hydrogen (secondary N) is 1. The summed E-state index contributed by atoms with van der Waals surface area (Å²) in [5, 5.41) is 3.33. The van der Waals surface area contributed by atoms with Crippen LogP contribution in [0.2, 0.25) is 0 Å². The molecular formula is C11H16N2O. The van der Waals surface area contributed by atoms with Gasteiger partial charge in [0.2, 0.25) is 0 Å². The largest absolute Gasteiger partial charge is 0.381 e. The standard InChI is InChI=1S/C11H16N2O/c1-9-4-5-10(7-12-9)13-8-11-3-2-6-14-11/h4-5,7,11,13H,2-3,6,8H2,1H3. The van der Waals surface area contributed by atoms with E-state index in [-0.39, 0.29) is 0 Å². The van der Waals surface area contributed by atoms with E-state index in [1.165, 1.54) is 12.8 Å². The number of hydrogen-bond acceptors (Lipinski definition) is 3. The Labute approximate surface area is 84.5 Å². The second-order valence-corrected chi connectivity index (χ2v) is 3.70. The number of anilines is 1. The number of ether oxygens (including phenoxy) is 1. The van der Waals surface area contributed by atoms with Crippen LogP contribution in [0.5, 0.6) is 0 Å². The van der Waals surface area contributed by atoms with Crippen LogP contribution in [0.4, 0.5) is 5.69 Å². The highest BCUT2D eigenvalue weighted by Gasteiger charge is 2.14. The van der Waals surface area contributed by atoms with Crippen molar-refractivity contribution in [3.8, 4) is 0 Å². The van der Waals surface area contributed by atoms with E-state index in [4.69, 9.17) is 4.74 Å². The normalized spacial score (nSPS) is 21.1. The molecule has 1 N–H and O–H groups in total. The topological polar surface area (TPSA) is 34.1 Å². The van der Waals surface area contributed by atoms with Gasteiger partial charge in [-0.25, -0.2) is 0 Å². The molecule has 1 fully saturated rings. The molecule has 1 aromatic rings. The van der Waals surface area contributed by atoms with Crippen LogP contribution in [0, 0.1) is 6.92 Å². The maximum absolute atomic E-state index is 5.52. The zero-order valence-corrected chi connectivity index (χ0v) is 8.49. The van der Waals surface area contributed by atoms with Crippen molar-refractivity contribution < 1.29 is 4.74 Å². The van der Waals surface area contributed by atoms with E-state index < -0.39 is 0 Å². The monoisotopic (exact) mass is 192 g/mol. The summed E-state index contributed by atoms with van der Waals surface area (Å²) in [4.78, 5) is 4.22. The first-order valence-electron chi connectivity index (χ1n) is 5.13. The Hall–Kier alpha value is -1.09. The molecule has 76 valence electrons. The lowest BCUT2D eigenvalue weighted by Crippen LogP contribution is -2.18. The Morgan fingerprint density at radius 2 is 2.50 bits per heavy atom. The first kappa shape index (κ1) is 9.46. The van der Waals surface area contributed by atoms with Crippen LogP contribution < -0.4 is 5.32 Å². The van der Waals surface area contributed by atoms with Crippen LogP contribution in [-0.4, -0.2) is 24.2 Å². The van der Waals surface area contributed by atoms with Crippen LogP contribution in [0.3, 0.4) is 0 Å². The first-order chi connectivity index (χ1) is 6.84. The Bertz CT molecular complexity index is 278. The summed E-state index contributed by atoms with van der Waals surface area (Å²) >= 11 is 0. The molecule has 1 aliphatic heterocycles. The fourth-order valence-electron chi connectivity index (χ4n) is 1.61. The fraction of sp³-hybridized carbons (Fsp3) is 0.545. The lowest BCUT2D eigenvalue weighted by molar-refractivity contribution is 0.120. The number of aryl methyl sites for hydroxylation is 1. The summed E-state index contributed by atoms with van der Waals surface area (Å²) in [7, 11) is 0. The van der Waals surface area contributed by atoms with E-state index in [0.29, 0.717) is 6.10 Å². The van der Waals surface area contributed by atoms with Gasteiger partial charge in [0.15, 0.2) is 0 Å². The van der Waals surface area contributed by atoms with Crippen LogP contribution in [0.15, 0.2) is 18.3 Å². The van der Waals surface area contributed by atoms with Crippen LogP contribution >= 0.6 is 0 Å². The average Bonchev–Trinajstić information content (AvgIpc) is 2.70. The summed E-state index contributed by atoms with van der Waals surface area (Å²) in [5.74, 6) is 0. The molecule has 14 heavy (non-hydrogen) atoms. The molecule has 0 spiro atoms. The van der Waals surface area contributed by atoms with Crippen LogP contribution in [0.1, 0.15) is 18.5 Å². The lowest BCUT2D eigenvalue weighted by Gasteiger charge is -2.11. The molecule has 3 nitrogen and oxygen atoms in total. The summed E-state index contributed by atoms with van der Waals surface area (Å²) in [6.07, 6.45) is 4.62. The predicted molar refractivity (Wildman–Crippen MR) is 56.4 cm³/mol. The zero-order chi connectivity index (χ0) is 9.80. The van der Waals surface area contributed by atoms with Gasteiger partial charge in [0.05, 0.1) is 18.0 Å². The van der Waals surface area contributed by atoms with Crippen molar-refractivity contribution in [2.24, 2.45) is 0 Å². The third kappa shape index (κ3) is 2.45. The summed E-state index contributed by atoms with van der Waals surface area (Å²) in [5.41, 5.74) is 2.12. The maximum Gasteiger partial charge on any atom is 0.0748 e. The molecule has 0 bridgehead atoms. The van der Waals surface area contributed by atoms with Gasteiger partial charge in [-0.05, 0) is 31.9 Å². The minimum atomic E-state index is 0.385. The molecule has 1 unspecified atom stereocenters. The van der Waals surface area contributed by atoms with Gasteiger partial charge in [-0.2, -0.15) is 0 Å². The van der Waals surface area contributed by atoms with Gasteiger partial charge in [-0.1, -0.05) is 0 Å². The third-order valence-corrected chi connectivity index (χ3v) is 2.47. The highest BCUT2D eigenvalue weighted by atomic mass is 16.5. The van der Waals surface area contributed by atoms with Crippen molar-refractivity contribution in [1.82, 2.24) is 4.98 Å². The minimum Gasteiger partial charge on any atom is -0.381 e. The number of rotatable bonds is 3. The van der Waals surface area contributed by atoms with Crippen molar-refractivity contribution in [2.75, 3.05) is 18.5 Å². The fourth-order valence-corrected chi connectivity index (χ4v) is 1.61. The Balaban J connectivity index is 1.82. The summed E-state index contributed by atoms with van der Waals surface area (Å²) < 4.78 is 5.52. The zero-order valence-electron chi connectivity index (χ0n) is 8.49. The van der Waals surface area contributed by atoms with Crippen LogP contribution in [0.25, 0.3) is 0 Å². The van der Waals surface area contributed by atoms with Gasteiger partial charge in [0, 0.05) is 18.8 Å². The Morgan fingerprint density at radius 1 is 1.57 bits per heavy atom. The van der Waals surface area contributed by atoms with Gasteiger partial charge in [0.25, 0.3) is 0 Å². The first-order valence-corrected chi connectivity index (χ1v) is 5.13. The van der Waals surface area contributed by atoms with Crippen molar-refractivity contribution >= 4 is 5.69 Å². The molecule has 0 saturated carbocycles. The maximum atomic E-state index is 5.52. The molecule has 1 aromatic heterocycles. The van der Waals surface area contributed by atoms with E-state index in [1.54, 1.807) is 0 Å². The highest BCUT2D eigenvalue weighted by Crippen LogP contribution is 2.13. The second-order valence-electron chi connectivity index (χ2n) is 3.70. The molecule has 1 aliphatic rings. The summed E-state index contributed by atoms with van der Waals surface area (Å²) in [6.45, 7) is 3.80. The molecule has 3 heteroatoms. The number of pyridine rings is 1. The van der Waals surface area contributed by atoms with Gasteiger partial charge < -0.3 is 10.1 Å².